The molecule has 0 fully saturated rings. The van der Waals surface area contributed by atoms with E-state index in [-0.39, 0.29) is 5.56 Å². The summed E-state index contributed by atoms with van der Waals surface area (Å²) in [4.78, 5) is 19.7. The fraction of sp³-hybridized carbons (Fsp3) is 0.312. The molecule has 0 bridgehead atoms. The number of aromatic nitrogens is 4. The number of rotatable bonds is 4. The van der Waals surface area contributed by atoms with Crippen molar-refractivity contribution >= 4 is 22.8 Å². The van der Waals surface area contributed by atoms with Crippen molar-refractivity contribution in [2.24, 2.45) is 0 Å². The van der Waals surface area contributed by atoms with Crippen molar-refractivity contribution in [3.63, 3.8) is 0 Å². The van der Waals surface area contributed by atoms with Gasteiger partial charge in [-0.1, -0.05) is 37.7 Å². The SMILES string of the molecule is CCC(C)Sc1nc2c(cnn2-c2cccc(C)c2)c(=O)[nH]1. The van der Waals surface area contributed by atoms with Crippen LogP contribution >= 0.6 is 11.8 Å². The first-order chi connectivity index (χ1) is 10.6. The molecule has 5 nitrogen and oxygen atoms in total. The van der Waals surface area contributed by atoms with Crippen LogP contribution in [0.2, 0.25) is 0 Å². The van der Waals surface area contributed by atoms with Crippen LogP contribution < -0.4 is 5.56 Å². The van der Waals surface area contributed by atoms with E-state index >= 15 is 0 Å². The number of nitrogens with zero attached hydrogens (tertiary/aromatic N) is 3. The van der Waals surface area contributed by atoms with Crippen LogP contribution in [-0.2, 0) is 0 Å². The lowest BCUT2D eigenvalue weighted by Gasteiger charge is -2.08. The predicted octanol–water partition coefficient (Wildman–Crippen LogP) is 3.31. The smallest absolute Gasteiger partial charge is 0.262 e. The number of hydrogen-bond donors (Lipinski definition) is 1. The highest BCUT2D eigenvalue weighted by Crippen LogP contribution is 2.22. The lowest BCUT2D eigenvalue weighted by atomic mass is 10.2. The normalized spacial score (nSPS) is 12.7. The number of benzene rings is 1. The molecule has 1 unspecified atom stereocenters. The molecule has 0 aliphatic carbocycles. The molecule has 0 radical (unpaired) electrons. The Hall–Kier alpha value is -2.08. The minimum atomic E-state index is -0.144. The summed E-state index contributed by atoms with van der Waals surface area (Å²) in [5.41, 5.74) is 2.50. The quantitative estimate of drug-likeness (QED) is 0.593. The standard InChI is InChI=1S/C16H18N4OS/c1-4-11(3)22-16-18-14-13(15(21)19-16)9-17-20(14)12-7-5-6-10(2)8-12/h5-9,11H,4H2,1-3H3,(H,18,19,21). The molecule has 0 aliphatic heterocycles. The van der Waals surface area contributed by atoms with Gasteiger partial charge < -0.3 is 4.98 Å². The van der Waals surface area contributed by atoms with Gasteiger partial charge >= 0.3 is 0 Å². The van der Waals surface area contributed by atoms with Crippen molar-refractivity contribution in [3.8, 4) is 5.69 Å². The van der Waals surface area contributed by atoms with Crippen LogP contribution in [0.25, 0.3) is 16.7 Å². The van der Waals surface area contributed by atoms with Crippen LogP contribution in [0.1, 0.15) is 25.8 Å². The number of H-pyrrole nitrogens is 1. The van der Waals surface area contributed by atoms with E-state index in [4.69, 9.17) is 0 Å². The third-order valence-electron chi connectivity index (χ3n) is 3.55. The summed E-state index contributed by atoms with van der Waals surface area (Å²) < 4.78 is 1.72. The number of aromatic amines is 1. The second-order valence-corrected chi connectivity index (χ2v) is 6.77. The van der Waals surface area contributed by atoms with E-state index in [0.29, 0.717) is 21.4 Å². The Morgan fingerprint density at radius 1 is 1.41 bits per heavy atom. The van der Waals surface area contributed by atoms with Gasteiger partial charge in [-0.2, -0.15) is 5.10 Å². The zero-order valence-corrected chi connectivity index (χ0v) is 13.6. The second kappa shape index (κ2) is 5.96. The lowest BCUT2D eigenvalue weighted by molar-refractivity contribution is 0.860. The van der Waals surface area contributed by atoms with Crippen molar-refractivity contribution < 1.29 is 0 Å². The van der Waals surface area contributed by atoms with Crippen molar-refractivity contribution in [2.45, 2.75) is 37.6 Å². The van der Waals surface area contributed by atoms with E-state index in [1.54, 1.807) is 22.6 Å². The molecule has 2 heterocycles. The summed E-state index contributed by atoms with van der Waals surface area (Å²) >= 11 is 1.58. The van der Waals surface area contributed by atoms with Crippen LogP contribution in [0.5, 0.6) is 0 Å². The molecular weight excluding hydrogens is 296 g/mol. The van der Waals surface area contributed by atoms with Gasteiger partial charge in [0.1, 0.15) is 5.39 Å². The Morgan fingerprint density at radius 3 is 2.95 bits per heavy atom. The summed E-state index contributed by atoms with van der Waals surface area (Å²) in [5.74, 6) is 0. The van der Waals surface area contributed by atoms with Gasteiger partial charge in [-0.25, -0.2) is 9.67 Å². The molecule has 3 aromatic rings. The average molecular weight is 314 g/mol. The van der Waals surface area contributed by atoms with Gasteiger partial charge in [0.2, 0.25) is 0 Å². The maximum Gasteiger partial charge on any atom is 0.262 e. The fourth-order valence-corrected chi connectivity index (χ4v) is 3.02. The molecule has 2 aromatic heterocycles. The summed E-state index contributed by atoms with van der Waals surface area (Å²) in [7, 11) is 0. The maximum absolute atomic E-state index is 12.2. The monoisotopic (exact) mass is 314 g/mol. The first kappa shape index (κ1) is 14.8. The van der Waals surface area contributed by atoms with Crippen LogP contribution in [0.4, 0.5) is 0 Å². The van der Waals surface area contributed by atoms with E-state index in [1.807, 2.05) is 31.2 Å². The molecule has 114 valence electrons. The molecule has 22 heavy (non-hydrogen) atoms. The van der Waals surface area contributed by atoms with E-state index in [0.717, 1.165) is 17.7 Å². The molecule has 0 amide bonds. The van der Waals surface area contributed by atoms with Crippen LogP contribution in [0, 0.1) is 6.92 Å². The Kier molecular flexibility index (Phi) is 4.02. The third kappa shape index (κ3) is 2.78. The zero-order chi connectivity index (χ0) is 15.7. The van der Waals surface area contributed by atoms with E-state index < -0.39 is 0 Å². The van der Waals surface area contributed by atoms with Gasteiger partial charge in [0.05, 0.1) is 11.9 Å². The minimum absolute atomic E-state index is 0.144. The van der Waals surface area contributed by atoms with Crippen molar-refractivity contribution in [2.75, 3.05) is 0 Å². The van der Waals surface area contributed by atoms with Gasteiger partial charge in [-0.05, 0) is 31.0 Å². The third-order valence-corrected chi connectivity index (χ3v) is 4.70. The molecule has 0 aliphatic rings. The van der Waals surface area contributed by atoms with E-state index in [2.05, 4.69) is 28.9 Å². The summed E-state index contributed by atoms with van der Waals surface area (Å²) in [6, 6.07) is 7.99. The average Bonchev–Trinajstić information content (AvgIpc) is 2.91. The Morgan fingerprint density at radius 2 is 2.23 bits per heavy atom. The molecule has 1 aromatic carbocycles. The van der Waals surface area contributed by atoms with Gasteiger partial charge in [0, 0.05) is 5.25 Å². The number of hydrogen-bond acceptors (Lipinski definition) is 4. The number of fused-ring (bicyclic) bond motifs is 1. The highest BCUT2D eigenvalue weighted by molar-refractivity contribution is 7.99. The van der Waals surface area contributed by atoms with Gasteiger partial charge in [-0.3, -0.25) is 4.79 Å². The Balaban J connectivity index is 2.14. The molecule has 1 atom stereocenters. The predicted molar refractivity (Wildman–Crippen MR) is 89.8 cm³/mol. The highest BCUT2D eigenvalue weighted by Gasteiger charge is 2.13. The summed E-state index contributed by atoms with van der Waals surface area (Å²) in [5, 5.41) is 5.88. The molecule has 0 saturated heterocycles. The zero-order valence-electron chi connectivity index (χ0n) is 12.8. The topological polar surface area (TPSA) is 63.6 Å². The van der Waals surface area contributed by atoms with Gasteiger partial charge in [-0.15, -0.1) is 0 Å². The molecule has 1 N–H and O–H groups in total. The number of aryl methyl sites for hydroxylation is 1. The van der Waals surface area contributed by atoms with Crippen molar-refractivity contribution in [1.82, 2.24) is 19.7 Å². The largest absolute Gasteiger partial charge is 0.301 e. The Bertz CT molecular complexity index is 868. The first-order valence-electron chi connectivity index (χ1n) is 7.30. The highest BCUT2D eigenvalue weighted by atomic mass is 32.2. The maximum atomic E-state index is 12.2. The van der Waals surface area contributed by atoms with Crippen LogP contribution in [0.3, 0.4) is 0 Å². The van der Waals surface area contributed by atoms with Gasteiger partial charge in [0.15, 0.2) is 10.8 Å². The molecule has 0 spiro atoms. The molecule has 0 saturated carbocycles. The van der Waals surface area contributed by atoms with Crippen LogP contribution in [0.15, 0.2) is 40.4 Å². The number of thioether (sulfide) groups is 1. The van der Waals surface area contributed by atoms with Crippen molar-refractivity contribution in [1.29, 1.82) is 0 Å². The second-order valence-electron chi connectivity index (χ2n) is 5.34. The first-order valence-corrected chi connectivity index (χ1v) is 8.18. The van der Waals surface area contributed by atoms with Crippen LogP contribution in [-0.4, -0.2) is 25.0 Å². The summed E-state index contributed by atoms with van der Waals surface area (Å²) in [6.45, 7) is 6.26. The molecule has 6 heteroatoms. The van der Waals surface area contributed by atoms with E-state index in [9.17, 15) is 4.79 Å². The van der Waals surface area contributed by atoms with Crippen molar-refractivity contribution in [3.05, 3.63) is 46.4 Å². The number of nitrogens with one attached hydrogen (secondary N) is 1. The fourth-order valence-electron chi connectivity index (χ4n) is 2.18. The molecule has 3 rings (SSSR count). The minimum Gasteiger partial charge on any atom is -0.301 e. The van der Waals surface area contributed by atoms with Gasteiger partial charge in [0.25, 0.3) is 5.56 Å². The summed E-state index contributed by atoms with van der Waals surface area (Å²) in [6.07, 6.45) is 2.59. The van der Waals surface area contributed by atoms with E-state index in [1.165, 1.54) is 0 Å². The lowest BCUT2D eigenvalue weighted by Crippen LogP contribution is -2.11. The molecular formula is C16H18N4OS. The Labute approximate surface area is 132 Å².